The lowest BCUT2D eigenvalue weighted by molar-refractivity contribution is -0.116. The van der Waals surface area contributed by atoms with Gasteiger partial charge in [0.15, 0.2) is 0 Å². The fourth-order valence-electron chi connectivity index (χ4n) is 3.49. The first-order valence-electron chi connectivity index (χ1n) is 8.67. The third-order valence-electron chi connectivity index (χ3n) is 4.77. The van der Waals surface area contributed by atoms with E-state index in [1.165, 1.54) is 28.4 Å². The monoisotopic (exact) mass is 411 g/mol. The van der Waals surface area contributed by atoms with Crippen LogP contribution in [-0.2, 0) is 24.2 Å². The van der Waals surface area contributed by atoms with E-state index in [0.29, 0.717) is 10.9 Å². The number of hydrogen-bond donors (Lipinski definition) is 1. The van der Waals surface area contributed by atoms with E-state index < -0.39 is 0 Å². The van der Waals surface area contributed by atoms with Crippen molar-refractivity contribution in [1.82, 2.24) is 9.55 Å². The van der Waals surface area contributed by atoms with E-state index >= 15 is 0 Å². The maximum absolute atomic E-state index is 12.6. The number of carbonyl (C=O) groups is 1. The van der Waals surface area contributed by atoms with E-state index in [0.717, 1.165) is 29.4 Å². The largest absolute Gasteiger partial charge is 0.324 e. The highest BCUT2D eigenvalue weighted by Gasteiger charge is 2.15. The number of halogens is 1. The smallest absolute Gasteiger partial charge is 0.261 e. The van der Waals surface area contributed by atoms with Crippen molar-refractivity contribution in [3.05, 3.63) is 68.7 Å². The minimum Gasteiger partial charge on any atom is -0.324 e. The van der Waals surface area contributed by atoms with Gasteiger partial charge in [0, 0.05) is 10.2 Å². The highest BCUT2D eigenvalue weighted by atomic mass is 79.9. The van der Waals surface area contributed by atoms with E-state index in [1.54, 1.807) is 12.1 Å². The number of hydrogen-bond acceptors (Lipinski definition) is 3. The van der Waals surface area contributed by atoms with Crippen LogP contribution in [0.15, 0.2) is 52.0 Å². The van der Waals surface area contributed by atoms with Crippen LogP contribution in [0.2, 0.25) is 0 Å². The zero-order chi connectivity index (χ0) is 18.1. The van der Waals surface area contributed by atoms with Crippen molar-refractivity contribution in [1.29, 1.82) is 0 Å². The lowest BCUT2D eigenvalue weighted by Gasteiger charge is -2.19. The van der Waals surface area contributed by atoms with E-state index in [4.69, 9.17) is 0 Å². The SMILES string of the molecule is O=C(Cn1cnc2ccc(Br)cc2c1=O)Nc1cccc2c1CCCC2. The number of amides is 1. The molecule has 1 heterocycles. The molecule has 0 radical (unpaired) electrons. The molecule has 0 saturated carbocycles. The molecule has 4 rings (SSSR count). The van der Waals surface area contributed by atoms with Crippen LogP contribution in [0.3, 0.4) is 0 Å². The molecule has 1 aliphatic carbocycles. The van der Waals surface area contributed by atoms with Crippen LogP contribution < -0.4 is 10.9 Å². The molecule has 132 valence electrons. The molecule has 0 atom stereocenters. The minimum absolute atomic E-state index is 0.0576. The number of aromatic nitrogens is 2. The molecule has 6 heteroatoms. The molecule has 0 fully saturated rings. The van der Waals surface area contributed by atoms with Gasteiger partial charge in [-0.25, -0.2) is 4.98 Å². The normalized spacial score (nSPS) is 13.4. The number of benzene rings is 2. The molecule has 1 aromatic heterocycles. The van der Waals surface area contributed by atoms with Crippen LogP contribution in [0.5, 0.6) is 0 Å². The topological polar surface area (TPSA) is 64.0 Å². The molecule has 0 aliphatic heterocycles. The molecular weight excluding hydrogens is 394 g/mol. The van der Waals surface area contributed by atoms with Crippen LogP contribution in [0.1, 0.15) is 24.0 Å². The molecule has 5 nitrogen and oxygen atoms in total. The summed E-state index contributed by atoms with van der Waals surface area (Å²) >= 11 is 3.37. The van der Waals surface area contributed by atoms with Crippen molar-refractivity contribution in [3.63, 3.8) is 0 Å². The second-order valence-electron chi connectivity index (χ2n) is 6.54. The van der Waals surface area contributed by atoms with Gasteiger partial charge >= 0.3 is 0 Å². The zero-order valence-electron chi connectivity index (χ0n) is 14.2. The van der Waals surface area contributed by atoms with Gasteiger partial charge in [0.25, 0.3) is 5.56 Å². The van der Waals surface area contributed by atoms with Gasteiger partial charge in [-0.1, -0.05) is 28.1 Å². The fourth-order valence-corrected chi connectivity index (χ4v) is 3.85. The third kappa shape index (κ3) is 3.29. The predicted molar refractivity (Wildman–Crippen MR) is 105 cm³/mol. The Labute approximate surface area is 159 Å². The van der Waals surface area contributed by atoms with Crippen LogP contribution in [-0.4, -0.2) is 15.5 Å². The molecule has 2 aromatic carbocycles. The van der Waals surface area contributed by atoms with Crippen molar-refractivity contribution in [2.75, 3.05) is 5.32 Å². The summed E-state index contributed by atoms with van der Waals surface area (Å²) in [4.78, 5) is 29.4. The van der Waals surface area contributed by atoms with Crippen molar-refractivity contribution >= 4 is 38.4 Å². The first-order valence-corrected chi connectivity index (χ1v) is 9.46. The molecule has 0 saturated heterocycles. The van der Waals surface area contributed by atoms with E-state index in [1.807, 2.05) is 18.2 Å². The van der Waals surface area contributed by atoms with Crippen LogP contribution in [0.25, 0.3) is 10.9 Å². The lowest BCUT2D eigenvalue weighted by Crippen LogP contribution is -2.28. The highest BCUT2D eigenvalue weighted by molar-refractivity contribution is 9.10. The van der Waals surface area contributed by atoms with Crippen LogP contribution in [0.4, 0.5) is 5.69 Å². The summed E-state index contributed by atoms with van der Waals surface area (Å²) in [6, 6.07) is 11.4. The van der Waals surface area contributed by atoms with Crippen molar-refractivity contribution in [2.24, 2.45) is 0 Å². The lowest BCUT2D eigenvalue weighted by atomic mass is 9.90. The standard InChI is InChI=1S/C20H18BrN3O2/c21-14-8-9-17-16(10-14)20(26)24(12-22-17)11-19(25)23-18-7-3-5-13-4-1-2-6-15(13)18/h3,5,7-10,12H,1-2,4,6,11H2,(H,23,25). The summed E-state index contributed by atoms with van der Waals surface area (Å²) in [5.74, 6) is -0.220. The summed E-state index contributed by atoms with van der Waals surface area (Å²) in [7, 11) is 0. The van der Waals surface area contributed by atoms with Crippen LogP contribution >= 0.6 is 15.9 Å². The summed E-state index contributed by atoms with van der Waals surface area (Å²) in [5, 5.41) is 3.46. The molecule has 26 heavy (non-hydrogen) atoms. The van der Waals surface area contributed by atoms with Gasteiger partial charge in [0.2, 0.25) is 5.91 Å². The van der Waals surface area contributed by atoms with E-state index in [9.17, 15) is 9.59 Å². The maximum Gasteiger partial charge on any atom is 0.261 e. The molecule has 1 aliphatic rings. The number of rotatable bonds is 3. The zero-order valence-corrected chi connectivity index (χ0v) is 15.8. The van der Waals surface area contributed by atoms with E-state index in [-0.39, 0.29) is 18.0 Å². The Balaban J connectivity index is 1.59. The Kier molecular flexibility index (Phi) is 4.59. The van der Waals surface area contributed by atoms with Crippen LogP contribution in [0, 0.1) is 0 Å². The molecule has 1 N–H and O–H groups in total. The average Bonchev–Trinajstić information content (AvgIpc) is 2.65. The van der Waals surface area contributed by atoms with Gasteiger partial charge in [-0.15, -0.1) is 0 Å². The van der Waals surface area contributed by atoms with Gasteiger partial charge in [-0.3, -0.25) is 14.2 Å². The summed E-state index contributed by atoms with van der Waals surface area (Å²) in [6.07, 6.45) is 5.80. The quantitative estimate of drug-likeness (QED) is 0.714. The Morgan fingerprint density at radius 3 is 2.92 bits per heavy atom. The Hall–Kier alpha value is -2.47. The first kappa shape index (κ1) is 17.0. The average molecular weight is 412 g/mol. The number of nitrogens with one attached hydrogen (secondary N) is 1. The number of carbonyl (C=O) groups excluding carboxylic acids is 1. The van der Waals surface area contributed by atoms with Gasteiger partial charge in [-0.05, 0) is 61.1 Å². The number of aryl methyl sites for hydroxylation is 1. The van der Waals surface area contributed by atoms with Gasteiger partial charge in [0.1, 0.15) is 6.54 Å². The van der Waals surface area contributed by atoms with E-state index in [2.05, 4.69) is 32.3 Å². The summed E-state index contributed by atoms with van der Waals surface area (Å²) in [6.45, 7) is -0.0576. The Morgan fingerprint density at radius 1 is 1.19 bits per heavy atom. The molecule has 0 unspecified atom stereocenters. The van der Waals surface area contributed by atoms with Crippen molar-refractivity contribution in [3.8, 4) is 0 Å². The second kappa shape index (κ2) is 7.03. The minimum atomic E-state index is -0.221. The van der Waals surface area contributed by atoms with Crippen molar-refractivity contribution in [2.45, 2.75) is 32.2 Å². The molecular formula is C20H18BrN3O2. The summed E-state index contributed by atoms with van der Waals surface area (Å²) in [5.41, 5.74) is 3.79. The molecule has 3 aromatic rings. The van der Waals surface area contributed by atoms with Gasteiger partial charge in [-0.2, -0.15) is 0 Å². The number of nitrogens with zero attached hydrogens (tertiary/aromatic N) is 2. The third-order valence-corrected chi connectivity index (χ3v) is 5.26. The molecule has 0 bridgehead atoms. The summed E-state index contributed by atoms with van der Waals surface area (Å²) < 4.78 is 2.15. The fraction of sp³-hybridized carbons (Fsp3) is 0.250. The maximum atomic E-state index is 12.6. The second-order valence-corrected chi connectivity index (χ2v) is 7.45. The highest BCUT2D eigenvalue weighted by Crippen LogP contribution is 2.27. The predicted octanol–water partition coefficient (Wildman–Crippen LogP) is 3.68. The molecule has 1 amide bonds. The molecule has 0 spiro atoms. The van der Waals surface area contributed by atoms with Gasteiger partial charge in [0.05, 0.1) is 17.2 Å². The van der Waals surface area contributed by atoms with Crippen molar-refractivity contribution < 1.29 is 4.79 Å². The Morgan fingerprint density at radius 2 is 2.04 bits per heavy atom. The first-order chi connectivity index (χ1) is 12.6. The Bertz CT molecular complexity index is 1060. The number of anilines is 1. The number of fused-ring (bicyclic) bond motifs is 2. The van der Waals surface area contributed by atoms with Gasteiger partial charge < -0.3 is 5.32 Å².